The molecule has 0 saturated heterocycles. The summed E-state index contributed by atoms with van der Waals surface area (Å²) >= 11 is 2.18. The van der Waals surface area contributed by atoms with Crippen LogP contribution in [0.2, 0.25) is 0 Å². The van der Waals surface area contributed by atoms with Crippen LogP contribution in [0.4, 0.5) is 11.6 Å². The minimum Gasteiger partial charge on any atom is -0.323 e. The van der Waals surface area contributed by atoms with E-state index in [0.717, 1.165) is 3.57 Å². The van der Waals surface area contributed by atoms with Crippen molar-refractivity contribution in [1.29, 1.82) is 0 Å². The molecule has 4 heterocycles. The Morgan fingerprint density at radius 3 is 2.38 bits per heavy atom. The predicted molar refractivity (Wildman–Crippen MR) is 94.3 cm³/mol. The van der Waals surface area contributed by atoms with Crippen molar-refractivity contribution in [2.75, 3.05) is 5.32 Å². The van der Waals surface area contributed by atoms with Gasteiger partial charge in [0.2, 0.25) is 0 Å². The first kappa shape index (κ1) is 14.7. The van der Waals surface area contributed by atoms with Crippen molar-refractivity contribution in [1.82, 2.24) is 39.5 Å². The predicted octanol–water partition coefficient (Wildman–Crippen LogP) is 1.99. The number of nitrogens with zero attached hydrogens (tertiary/aromatic N) is 8. The molecule has 0 fully saturated rings. The van der Waals surface area contributed by atoms with Gasteiger partial charge >= 0.3 is 0 Å². The molecule has 1 N–H and O–H groups in total. The second-order valence-corrected chi connectivity index (χ2v) is 5.71. The van der Waals surface area contributed by atoms with Crippen molar-refractivity contribution < 1.29 is 0 Å². The second kappa shape index (κ2) is 6.31. The molecule has 9 nitrogen and oxygen atoms in total. The Morgan fingerprint density at radius 1 is 0.917 bits per heavy atom. The van der Waals surface area contributed by atoms with Crippen LogP contribution in [0.15, 0.2) is 55.5 Å². The van der Waals surface area contributed by atoms with E-state index in [-0.39, 0.29) is 0 Å². The Labute approximate surface area is 150 Å². The highest BCUT2D eigenvalue weighted by molar-refractivity contribution is 14.1. The van der Waals surface area contributed by atoms with Crippen LogP contribution in [-0.4, -0.2) is 39.5 Å². The second-order valence-electron chi connectivity index (χ2n) is 4.63. The summed E-state index contributed by atoms with van der Waals surface area (Å²) in [6.07, 6.45) is 11.8. The molecule has 0 aromatic carbocycles. The summed E-state index contributed by atoms with van der Waals surface area (Å²) in [6, 6.07) is 3.65. The monoisotopic (exact) mass is 431 g/mol. The molecule has 118 valence electrons. The van der Waals surface area contributed by atoms with Crippen LogP contribution in [0.5, 0.6) is 0 Å². The SMILES string of the molecule is Ic1c(Nc2cnccn2)nc(-n2cccn2)nc1-n1cccn1. The Morgan fingerprint density at radius 2 is 1.71 bits per heavy atom. The zero-order valence-corrected chi connectivity index (χ0v) is 14.3. The van der Waals surface area contributed by atoms with Gasteiger partial charge in [-0.05, 0) is 34.7 Å². The number of nitrogens with one attached hydrogen (secondary N) is 1. The van der Waals surface area contributed by atoms with Gasteiger partial charge < -0.3 is 5.32 Å². The van der Waals surface area contributed by atoms with E-state index in [9.17, 15) is 0 Å². The van der Waals surface area contributed by atoms with E-state index in [1.165, 1.54) is 0 Å². The molecule has 0 atom stereocenters. The number of hydrogen-bond acceptors (Lipinski definition) is 7. The maximum atomic E-state index is 4.57. The summed E-state index contributed by atoms with van der Waals surface area (Å²) in [5.74, 6) is 2.26. The smallest absolute Gasteiger partial charge is 0.254 e. The van der Waals surface area contributed by atoms with Gasteiger partial charge in [0.05, 0.1) is 6.20 Å². The van der Waals surface area contributed by atoms with Gasteiger partial charge in [-0.3, -0.25) is 4.98 Å². The van der Waals surface area contributed by atoms with E-state index in [0.29, 0.717) is 23.4 Å². The van der Waals surface area contributed by atoms with Crippen LogP contribution in [0.1, 0.15) is 0 Å². The number of halogens is 1. The molecule has 0 amide bonds. The molecule has 10 heteroatoms. The van der Waals surface area contributed by atoms with E-state index in [4.69, 9.17) is 0 Å². The fourth-order valence-corrected chi connectivity index (χ4v) is 2.65. The highest BCUT2D eigenvalue weighted by atomic mass is 127. The quantitative estimate of drug-likeness (QED) is 0.494. The first-order valence-corrected chi connectivity index (χ1v) is 8.00. The summed E-state index contributed by atoms with van der Waals surface area (Å²) in [4.78, 5) is 17.4. The lowest BCUT2D eigenvalue weighted by molar-refractivity contribution is 0.772. The summed E-state index contributed by atoms with van der Waals surface area (Å²) in [5, 5.41) is 11.6. The fraction of sp³-hybridized carbons (Fsp3) is 0. The molecule has 0 unspecified atom stereocenters. The van der Waals surface area contributed by atoms with Gasteiger partial charge in [-0.15, -0.1) is 0 Å². The lowest BCUT2D eigenvalue weighted by Crippen LogP contribution is -2.12. The molecule has 4 aromatic rings. The number of rotatable bonds is 4. The lowest BCUT2D eigenvalue weighted by atomic mass is 10.5. The maximum absolute atomic E-state index is 4.57. The third kappa shape index (κ3) is 2.82. The Balaban J connectivity index is 1.85. The van der Waals surface area contributed by atoms with Crippen LogP contribution in [-0.2, 0) is 0 Å². The van der Waals surface area contributed by atoms with Gasteiger partial charge in [-0.2, -0.15) is 20.2 Å². The van der Waals surface area contributed by atoms with Crippen LogP contribution in [0, 0.1) is 3.57 Å². The highest BCUT2D eigenvalue weighted by Gasteiger charge is 2.16. The molecule has 0 saturated carbocycles. The van der Waals surface area contributed by atoms with Gasteiger partial charge in [0.15, 0.2) is 11.6 Å². The van der Waals surface area contributed by atoms with Gasteiger partial charge in [0.1, 0.15) is 9.39 Å². The minimum absolute atomic E-state index is 0.428. The van der Waals surface area contributed by atoms with Gasteiger partial charge in [0.25, 0.3) is 5.95 Å². The highest BCUT2D eigenvalue weighted by Crippen LogP contribution is 2.25. The summed E-state index contributed by atoms with van der Waals surface area (Å²) in [6.45, 7) is 0. The average molecular weight is 431 g/mol. The molecule has 0 aliphatic carbocycles. The first-order valence-electron chi connectivity index (χ1n) is 6.92. The molecule has 4 rings (SSSR count). The molecule has 24 heavy (non-hydrogen) atoms. The third-order valence-electron chi connectivity index (χ3n) is 3.06. The van der Waals surface area contributed by atoms with Crippen molar-refractivity contribution in [3.63, 3.8) is 0 Å². The Hall–Kier alpha value is -2.89. The summed E-state index contributed by atoms with van der Waals surface area (Å²) in [5.41, 5.74) is 0. The Bertz CT molecular complexity index is 936. The maximum Gasteiger partial charge on any atom is 0.254 e. The van der Waals surface area contributed by atoms with Crippen molar-refractivity contribution in [2.45, 2.75) is 0 Å². The number of hydrogen-bond donors (Lipinski definition) is 1. The average Bonchev–Trinajstić information content (AvgIpc) is 3.31. The fourth-order valence-electron chi connectivity index (χ4n) is 2.03. The van der Waals surface area contributed by atoms with Gasteiger partial charge in [-0.25, -0.2) is 14.3 Å². The molecular formula is C14H10IN9. The van der Waals surface area contributed by atoms with E-state index >= 15 is 0 Å². The van der Waals surface area contributed by atoms with Crippen molar-refractivity contribution in [3.05, 3.63) is 59.1 Å². The van der Waals surface area contributed by atoms with Crippen LogP contribution < -0.4 is 5.32 Å². The lowest BCUT2D eigenvalue weighted by Gasteiger charge is -2.12. The topological polar surface area (TPSA) is 99.2 Å². The molecular weight excluding hydrogens is 421 g/mol. The molecule has 0 aliphatic rings. The number of aromatic nitrogens is 8. The number of anilines is 2. The normalized spacial score (nSPS) is 10.7. The summed E-state index contributed by atoms with van der Waals surface area (Å²) < 4.78 is 4.07. The van der Waals surface area contributed by atoms with Crippen molar-refractivity contribution >= 4 is 34.2 Å². The van der Waals surface area contributed by atoms with Crippen molar-refractivity contribution in [3.8, 4) is 11.8 Å². The standard InChI is InChI=1S/C14H10IN9/c15-11-12(20-10-9-16-5-6-17-10)21-14(24-8-2-4-19-24)22-13(11)23-7-1-3-18-23/h1-9H,(H,17,20,21,22). The van der Waals surface area contributed by atoms with E-state index in [1.807, 2.05) is 18.3 Å². The summed E-state index contributed by atoms with van der Waals surface area (Å²) in [7, 11) is 0. The zero-order chi connectivity index (χ0) is 16.4. The molecule has 0 aliphatic heterocycles. The molecule has 0 spiro atoms. The van der Waals surface area contributed by atoms with Gasteiger partial charge in [0, 0.05) is 37.2 Å². The molecule has 0 radical (unpaired) electrons. The van der Waals surface area contributed by atoms with E-state index in [2.05, 4.69) is 58.0 Å². The third-order valence-corrected chi connectivity index (χ3v) is 4.06. The van der Waals surface area contributed by atoms with Gasteiger partial charge in [-0.1, -0.05) is 0 Å². The van der Waals surface area contributed by atoms with E-state index in [1.54, 1.807) is 46.5 Å². The zero-order valence-electron chi connectivity index (χ0n) is 12.2. The largest absolute Gasteiger partial charge is 0.323 e. The Kier molecular flexibility index (Phi) is 3.86. The minimum atomic E-state index is 0.428. The molecule has 4 aromatic heterocycles. The van der Waals surface area contributed by atoms with E-state index < -0.39 is 0 Å². The van der Waals surface area contributed by atoms with Crippen LogP contribution >= 0.6 is 22.6 Å². The van der Waals surface area contributed by atoms with Crippen molar-refractivity contribution in [2.24, 2.45) is 0 Å². The van der Waals surface area contributed by atoms with Crippen LogP contribution in [0.25, 0.3) is 11.8 Å². The molecule has 0 bridgehead atoms. The first-order chi connectivity index (χ1) is 11.8. The van der Waals surface area contributed by atoms with Crippen LogP contribution in [0.3, 0.4) is 0 Å².